The summed E-state index contributed by atoms with van der Waals surface area (Å²) >= 11 is 3.76. The lowest BCUT2D eigenvalue weighted by atomic mass is 9.78. The Morgan fingerprint density at radius 1 is 0.248 bits per heavy atom. The van der Waals surface area contributed by atoms with Gasteiger partial charge in [0.1, 0.15) is 22.3 Å². The fourth-order valence-corrected chi connectivity index (χ4v) is 19.2. The van der Waals surface area contributed by atoms with E-state index in [1.54, 1.807) is 0 Å². The standard InChI is InChI=1S/C54H33N3.C34H21Br.C26H24BN3O2.CH4/c1-3-13-38-31-41(26-22-34(38)11-1)50-43-15-5-6-16-44(43)51(42-27-23-35-12-2-4-14-39(35)32-42)48-33-40(28-29-45(48)50)36-20-24-37(25-21-36)52-46-17-7-8-18-47(46)53-54(56-52)57-30-10-9-19-49(57)55-53;35-28-17-18-31-32(21-28)34(27-16-14-23-8-2-4-10-25(23)20-27)30-12-6-5-11-29(30)33(31)26-15-13-22-7-1-3-9-24(22)19-26;1-25(2)26(3,4)32-27(31-25)18-14-12-17(13-15-18)22-19-9-5-6-10-20(19)23-24(29-22)30-16-8-7-11-21(30)28-23;/h1-33H;1-21H;5-16H,1-4H3;1H4. The summed E-state index contributed by atoms with van der Waals surface area (Å²) < 4.78 is 17.6. The Morgan fingerprint density at radius 3 is 0.944 bits per heavy atom. The molecule has 0 amide bonds. The summed E-state index contributed by atoms with van der Waals surface area (Å²) in [5.74, 6) is 0. The molecule has 594 valence electrons. The largest absolute Gasteiger partial charge is 0.494 e. The quantitative estimate of drug-likeness (QED) is 0.111. The molecule has 6 aromatic heterocycles. The van der Waals surface area contributed by atoms with E-state index in [2.05, 4.69) is 394 Å². The number of aromatic nitrogens is 6. The van der Waals surface area contributed by atoms with Gasteiger partial charge in [0.25, 0.3) is 0 Å². The molecule has 0 atom stereocenters. The van der Waals surface area contributed by atoms with E-state index < -0.39 is 0 Å². The minimum Gasteiger partial charge on any atom is -0.399 e. The summed E-state index contributed by atoms with van der Waals surface area (Å²) in [6, 6.07) is 140. The van der Waals surface area contributed by atoms with E-state index in [4.69, 9.17) is 29.2 Å². The predicted molar refractivity (Wildman–Crippen MR) is 531 cm³/mol. The van der Waals surface area contributed by atoms with Gasteiger partial charge < -0.3 is 9.31 Å². The number of rotatable bonds is 8. The number of hydrogen-bond donors (Lipinski definition) is 0. The fraction of sp³-hybridized carbons (Fsp3) is 0.0609. The molecule has 24 aromatic rings. The highest BCUT2D eigenvalue weighted by molar-refractivity contribution is 9.10. The Morgan fingerprint density at radius 2 is 0.544 bits per heavy atom. The summed E-state index contributed by atoms with van der Waals surface area (Å²) in [7, 11) is -0.375. The SMILES string of the molecule is Brc1ccc2c(-c3ccc4ccccc4c3)c3ccccc3c(-c3ccc4ccccc4c3)c2c1.C.CC1(C)OB(c2ccc(-c3nc4c(nc5ccccn54)c4ccccc34)cc2)OC1(C)C.c1ccc2cc(-c3c4ccccc4c(-c4ccc5ccccc5c4)c4cc(-c5ccc(-c6nc7c(nc8ccccn87)c7ccccc67)cc5)ccc34)ccc2c1. The van der Waals surface area contributed by atoms with Crippen LogP contribution in [-0.2, 0) is 9.31 Å². The van der Waals surface area contributed by atoms with E-state index in [1.807, 2.05) is 59.3 Å². The highest BCUT2D eigenvalue weighted by Gasteiger charge is 2.51. The first-order valence-corrected chi connectivity index (χ1v) is 43.1. The zero-order valence-electron chi connectivity index (χ0n) is 68.6. The van der Waals surface area contributed by atoms with Crippen LogP contribution >= 0.6 is 15.9 Å². The van der Waals surface area contributed by atoms with Crippen molar-refractivity contribution in [2.75, 3.05) is 0 Å². The minimum absolute atomic E-state index is 0. The molecule has 0 aliphatic carbocycles. The van der Waals surface area contributed by atoms with Gasteiger partial charge in [-0.05, 0) is 242 Å². The Labute approximate surface area is 732 Å². The number of halogens is 1. The van der Waals surface area contributed by atoms with Crippen LogP contribution in [0.2, 0.25) is 0 Å². The average Bonchev–Trinajstić information content (AvgIpc) is 0.918. The second-order valence-electron chi connectivity index (χ2n) is 33.5. The normalized spacial score (nSPS) is 13.1. The number of nitrogens with zero attached hydrogens (tertiary/aromatic N) is 6. The van der Waals surface area contributed by atoms with Crippen LogP contribution in [0.15, 0.2) is 405 Å². The lowest BCUT2D eigenvalue weighted by molar-refractivity contribution is 0.00578. The van der Waals surface area contributed by atoms with Gasteiger partial charge in [0.15, 0.2) is 11.3 Å². The van der Waals surface area contributed by atoms with Crippen LogP contribution in [0.4, 0.5) is 0 Å². The molecule has 1 aliphatic heterocycles. The summed E-state index contributed by atoms with van der Waals surface area (Å²) in [5, 5.41) is 24.5. The first kappa shape index (κ1) is 76.4. The van der Waals surface area contributed by atoms with Crippen molar-refractivity contribution in [2.24, 2.45) is 0 Å². The van der Waals surface area contributed by atoms with Crippen molar-refractivity contribution in [1.82, 2.24) is 28.7 Å². The van der Waals surface area contributed by atoms with Crippen LogP contribution < -0.4 is 5.46 Å². The summed E-state index contributed by atoms with van der Waals surface area (Å²) in [4.78, 5) is 20.1. The third kappa shape index (κ3) is 13.2. The first-order chi connectivity index (χ1) is 60.8. The van der Waals surface area contributed by atoms with E-state index in [-0.39, 0.29) is 25.7 Å². The molecule has 0 saturated carbocycles. The fourth-order valence-electron chi connectivity index (χ4n) is 18.8. The van der Waals surface area contributed by atoms with E-state index >= 15 is 0 Å². The molecule has 0 spiro atoms. The summed E-state index contributed by atoms with van der Waals surface area (Å²) in [6.45, 7) is 8.29. The van der Waals surface area contributed by atoms with E-state index in [0.717, 1.165) is 93.2 Å². The monoisotopic (exact) mass is 1670 g/mol. The maximum atomic E-state index is 6.21. The third-order valence-electron chi connectivity index (χ3n) is 25.7. The van der Waals surface area contributed by atoms with E-state index in [9.17, 15) is 0 Å². The zero-order valence-corrected chi connectivity index (χ0v) is 70.1. The molecular formula is C115H82BBrN6O2. The van der Waals surface area contributed by atoms with Crippen molar-refractivity contribution in [2.45, 2.75) is 46.3 Å². The van der Waals surface area contributed by atoms with Gasteiger partial charge in [-0.25, -0.2) is 19.9 Å². The number of pyridine rings is 4. The van der Waals surface area contributed by atoms with Crippen LogP contribution in [0.3, 0.4) is 0 Å². The van der Waals surface area contributed by atoms with Crippen LogP contribution in [0.25, 0.3) is 219 Å². The van der Waals surface area contributed by atoms with Gasteiger partial charge in [0, 0.05) is 49.5 Å². The number of benzene rings is 18. The molecule has 0 unspecified atom stereocenters. The Hall–Kier alpha value is -14.8. The zero-order chi connectivity index (χ0) is 82.9. The lowest BCUT2D eigenvalue weighted by Crippen LogP contribution is -2.41. The van der Waals surface area contributed by atoms with Crippen molar-refractivity contribution in [3.63, 3.8) is 0 Å². The van der Waals surface area contributed by atoms with Crippen LogP contribution in [0.5, 0.6) is 0 Å². The molecule has 1 fully saturated rings. The lowest BCUT2D eigenvalue weighted by Gasteiger charge is -2.32. The Balaban J connectivity index is 0.000000118. The molecule has 25 rings (SSSR count). The smallest absolute Gasteiger partial charge is 0.399 e. The molecule has 0 radical (unpaired) electrons. The molecule has 18 aromatic carbocycles. The van der Waals surface area contributed by atoms with Gasteiger partial charge in [-0.3, -0.25) is 8.80 Å². The maximum absolute atomic E-state index is 6.21. The molecule has 8 nitrogen and oxygen atoms in total. The molecular weight excluding hydrogens is 1590 g/mol. The van der Waals surface area contributed by atoms with Gasteiger partial charge in [-0.15, -0.1) is 0 Å². The van der Waals surface area contributed by atoms with E-state index in [0.29, 0.717) is 0 Å². The van der Waals surface area contributed by atoms with Crippen LogP contribution in [0, 0.1) is 0 Å². The summed E-state index contributed by atoms with van der Waals surface area (Å²) in [6.07, 6.45) is 4.05. The van der Waals surface area contributed by atoms with Crippen molar-refractivity contribution >= 4 is 170 Å². The van der Waals surface area contributed by atoms with Gasteiger partial charge in [0.05, 0.1) is 22.6 Å². The molecule has 0 bridgehead atoms. The molecule has 0 N–H and O–H groups in total. The Kier molecular flexibility index (Phi) is 18.7. The number of imidazole rings is 2. The van der Waals surface area contributed by atoms with Gasteiger partial charge in [0.2, 0.25) is 0 Å². The van der Waals surface area contributed by atoms with Crippen molar-refractivity contribution < 1.29 is 9.31 Å². The average molecular weight is 1670 g/mol. The van der Waals surface area contributed by atoms with Gasteiger partial charge in [-0.1, -0.05) is 345 Å². The first-order valence-electron chi connectivity index (χ1n) is 42.3. The van der Waals surface area contributed by atoms with Crippen molar-refractivity contribution in [3.05, 3.63) is 405 Å². The Bertz CT molecular complexity index is 8470. The second-order valence-corrected chi connectivity index (χ2v) is 34.4. The second kappa shape index (κ2) is 30.7. The van der Waals surface area contributed by atoms with E-state index in [1.165, 1.54) is 136 Å². The van der Waals surface area contributed by atoms with Gasteiger partial charge in [-0.2, -0.15) is 0 Å². The summed E-state index contributed by atoms with van der Waals surface area (Å²) in [5.41, 5.74) is 22.0. The number of hydrogen-bond acceptors (Lipinski definition) is 6. The molecule has 1 saturated heterocycles. The molecule has 1 aliphatic rings. The molecule has 125 heavy (non-hydrogen) atoms. The van der Waals surface area contributed by atoms with Gasteiger partial charge >= 0.3 is 7.12 Å². The van der Waals surface area contributed by atoms with Crippen LogP contribution in [0.1, 0.15) is 35.1 Å². The highest BCUT2D eigenvalue weighted by Crippen LogP contribution is 2.49. The topological polar surface area (TPSA) is 78.8 Å². The maximum Gasteiger partial charge on any atom is 0.494 e. The molecule has 7 heterocycles. The highest BCUT2D eigenvalue weighted by atomic mass is 79.9. The minimum atomic E-state index is -0.375. The molecule has 10 heteroatoms. The van der Waals surface area contributed by atoms with Crippen LogP contribution in [-0.4, -0.2) is 47.1 Å². The third-order valence-corrected chi connectivity index (χ3v) is 26.2. The predicted octanol–water partition coefficient (Wildman–Crippen LogP) is 30.4. The number of fused-ring (bicyclic) bond motifs is 18. The van der Waals surface area contributed by atoms with Crippen molar-refractivity contribution in [1.29, 1.82) is 0 Å². The van der Waals surface area contributed by atoms with Crippen molar-refractivity contribution in [3.8, 4) is 78.1 Å².